The molecule has 170 valence electrons. The molecule has 0 aliphatic heterocycles. The molecule has 0 amide bonds. The molecule has 0 saturated carbocycles. The van der Waals surface area contributed by atoms with Crippen molar-refractivity contribution in [3.05, 3.63) is 0 Å². The van der Waals surface area contributed by atoms with Crippen molar-refractivity contribution in [1.82, 2.24) is 0 Å². The molecule has 0 aromatic rings. The van der Waals surface area contributed by atoms with Crippen molar-refractivity contribution < 1.29 is 5.11 Å². The molecule has 0 spiro atoms. The molecule has 0 aliphatic carbocycles. The van der Waals surface area contributed by atoms with Gasteiger partial charge in [0.1, 0.15) is 0 Å². The van der Waals surface area contributed by atoms with Crippen molar-refractivity contribution in [1.29, 1.82) is 0 Å². The molecular weight excluding hydrogens is 340 g/mol. The predicted octanol–water partition coefficient (Wildman–Crippen LogP) is 9.46. The largest absolute Gasteiger partial charge is 0.393 e. The quantitative estimate of drug-likeness (QED) is 0.181. The van der Waals surface area contributed by atoms with Gasteiger partial charge in [-0.1, -0.05) is 130 Å². The van der Waals surface area contributed by atoms with Crippen LogP contribution in [0, 0.1) is 11.8 Å². The molecule has 28 heavy (non-hydrogen) atoms. The van der Waals surface area contributed by atoms with Crippen molar-refractivity contribution in [2.45, 2.75) is 162 Å². The van der Waals surface area contributed by atoms with Crippen LogP contribution in [0.3, 0.4) is 0 Å². The molecular formula is C27H56O. The van der Waals surface area contributed by atoms with Crippen LogP contribution in [0.15, 0.2) is 0 Å². The molecule has 0 aliphatic rings. The van der Waals surface area contributed by atoms with E-state index in [1.165, 1.54) is 116 Å². The molecule has 0 saturated heterocycles. The first-order valence-corrected chi connectivity index (χ1v) is 13.3. The Balaban J connectivity index is 3.35. The van der Waals surface area contributed by atoms with Gasteiger partial charge in [-0.3, -0.25) is 0 Å². The Morgan fingerprint density at radius 2 is 0.786 bits per heavy atom. The zero-order valence-corrected chi connectivity index (χ0v) is 20.3. The fraction of sp³-hybridized carbons (Fsp3) is 1.00. The number of unbranched alkanes of at least 4 members (excludes halogenated alkanes) is 12. The highest BCUT2D eigenvalue weighted by atomic mass is 16.3. The SMILES string of the molecule is CCCCCCCCCCCCCC[C@H](C)CCC(O)CC[C@H](C)CCCC. The third-order valence-corrected chi connectivity index (χ3v) is 6.59. The van der Waals surface area contributed by atoms with Gasteiger partial charge >= 0.3 is 0 Å². The Morgan fingerprint density at radius 3 is 1.21 bits per heavy atom. The van der Waals surface area contributed by atoms with Crippen molar-refractivity contribution in [2.24, 2.45) is 11.8 Å². The molecule has 1 unspecified atom stereocenters. The van der Waals surface area contributed by atoms with Crippen LogP contribution >= 0.6 is 0 Å². The number of rotatable bonds is 22. The zero-order chi connectivity index (χ0) is 20.9. The van der Waals surface area contributed by atoms with E-state index in [1.54, 1.807) is 0 Å². The van der Waals surface area contributed by atoms with Gasteiger partial charge in [0, 0.05) is 0 Å². The third-order valence-electron chi connectivity index (χ3n) is 6.59. The average molecular weight is 397 g/mol. The summed E-state index contributed by atoms with van der Waals surface area (Å²) in [5, 5.41) is 10.2. The van der Waals surface area contributed by atoms with Gasteiger partial charge in [0.2, 0.25) is 0 Å². The van der Waals surface area contributed by atoms with E-state index in [2.05, 4.69) is 27.7 Å². The first-order valence-electron chi connectivity index (χ1n) is 13.3. The van der Waals surface area contributed by atoms with Gasteiger partial charge < -0.3 is 5.11 Å². The summed E-state index contributed by atoms with van der Waals surface area (Å²) in [4.78, 5) is 0. The number of hydrogen-bond donors (Lipinski definition) is 1. The minimum absolute atomic E-state index is 0.0616. The lowest BCUT2D eigenvalue weighted by Crippen LogP contribution is -2.10. The van der Waals surface area contributed by atoms with E-state index in [1.807, 2.05) is 0 Å². The van der Waals surface area contributed by atoms with Crippen LogP contribution in [0.1, 0.15) is 156 Å². The number of aliphatic hydroxyl groups excluding tert-OH is 1. The summed E-state index contributed by atoms with van der Waals surface area (Å²) in [5.74, 6) is 1.57. The zero-order valence-electron chi connectivity index (χ0n) is 20.3. The van der Waals surface area contributed by atoms with Crippen LogP contribution in [0.4, 0.5) is 0 Å². The van der Waals surface area contributed by atoms with Gasteiger partial charge in [0.05, 0.1) is 6.10 Å². The molecule has 0 fully saturated rings. The van der Waals surface area contributed by atoms with E-state index in [0.717, 1.165) is 24.7 Å². The average Bonchev–Trinajstić information content (AvgIpc) is 2.69. The Labute approximate surface area is 179 Å². The van der Waals surface area contributed by atoms with Crippen LogP contribution < -0.4 is 0 Å². The molecule has 0 radical (unpaired) electrons. The molecule has 0 rings (SSSR count). The topological polar surface area (TPSA) is 20.2 Å². The fourth-order valence-electron chi connectivity index (χ4n) is 4.27. The normalized spacial score (nSPS) is 14.9. The van der Waals surface area contributed by atoms with Gasteiger partial charge in [-0.2, -0.15) is 0 Å². The molecule has 0 aromatic heterocycles. The Kier molecular flexibility index (Phi) is 21.6. The molecule has 1 heteroatoms. The first-order chi connectivity index (χ1) is 13.6. The van der Waals surface area contributed by atoms with Gasteiger partial charge in [0.25, 0.3) is 0 Å². The lowest BCUT2D eigenvalue weighted by atomic mass is 9.92. The third kappa shape index (κ3) is 20.7. The van der Waals surface area contributed by atoms with E-state index >= 15 is 0 Å². The van der Waals surface area contributed by atoms with Crippen LogP contribution in [-0.4, -0.2) is 11.2 Å². The Bertz CT molecular complexity index is 288. The van der Waals surface area contributed by atoms with E-state index in [9.17, 15) is 5.11 Å². The second kappa shape index (κ2) is 21.7. The second-order valence-electron chi connectivity index (χ2n) is 9.84. The standard InChI is InChI=1S/C27H56O/c1-5-7-9-10-11-12-13-14-15-16-17-18-20-26(4)22-24-27(28)23-21-25(3)19-8-6-2/h25-28H,5-24H2,1-4H3/t25-,26+,27?/m1/s1. The van der Waals surface area contributed by atoms with Crippen LogP contribution in [-0.2, 0) is 0 Å². The highest BCUT2D eigenvalue weighted by molar-refractivity contribution is 4.63. The van der Waals surface area contributed by atoms with E-state index < -0.39 is 0 Å². The highest BCUT2D eigenvalue weighted by Gasteiger charge is 2.10. The van der Waals surface area contributed by atoms with Gasteiger partial charge in [-0.25, -0.2) is 0 Å². The molecule has 3 atom stereocenters. The molecule has 0 heterocycles. The first kappa shape index (κ1) is 28.0. The maximum absolute atomic E-state index is 10.2. The predicted molar refractivity (Wildman–Crippen MR) is 128 cm³/mol. The van der Waals surface area contributed by atoms with Crippen molar-refractivity contribution >= 4 is 0 Å². The lowest BCUT2D eigenvalue weighted by Gasteiger charge is -2.17. The summed E-state index contributed by atoms with van der Waals surface area (Å²) >= 11 is 0. The van der Waals surface area contributed by atoms with Crippen molar-refractivity contribution in [3.63, 3.8) is 0 Å². The summed E-state index contributed by atoms with van der Waals surface area (Å²) in [6, 6.07) is 0. The summed E-state index contributed by atoms with van der Waals surface area (Å²) < 4.78 is 0. The summed E-state index contributed by atoms with van der Waals surface area (Å²) in [6.45, 7) is 9.29. The number of aliphatic hydroxyl groups is 1. The van der Waals surface area contributed by atoms with Crippen molar-refractivity contribution in [3.8, 4) is 0 Å². The van der Waals surface area contributed by atoms with Gasteiger partial charge in [-0.05, 0) is 37.5 Å². The minimum Gasteiger partial charge on any atom is -0.393 e. The summed E-state index contributed by atoms with van der Waals surface area (Å²) in [7, 11) is 0. The minimum atomic E-state index is -0.0616. The fourth-order valence-corrected chi connectivity index (χ4v) is 4.27. The lowest BCUT2D eigenvalue weighted by molar-refractivity contribution is 0.136. The van der Waals surface area contributed by atoms with Crippen LogP contribution in [0.5, 0.6) is 0 Å². The Morgan fingerprint density at radius 1 is 0.429 bits per heavy atom. The maximum Gasteiger partial charge on any atom is 0.0540 e. The molecule has 1 nitrogen and oxygen atoms in total. The van der Waals surface area contributed by atoms with E-state index in [4.69, 9.17) is 0 Å². The molecule has 1 N–H and O–H groups in total. The molecule has 0 aromatic carbocycles. The van der Waals surface area contributed by atoms with Gasteiger partial charge in [-0.15, -0.1) is 0 Å². The monoisotopic (exact) mass is 396 g/mol. The highest BCUT2D eigenvalue weighted by Crippen LogP contribution is 2.21. The maximum atomic E-state index is 10.2. The summed E-state index contributed by atoms with van der Waals surface area (Å²) in [6.07, 6.45) is 26.9. The van der Waals surface area contributed by atoms with E-state index in [0.29, 0.717) is 0 Å². The smallest absolute Gasteiger partial charge is 0.0540 e. The van der Waals surface area contributed by atoms with Crippen LogP contribution in [0.25, 0.3) is 0 Å². The van der Waals surface area contributed by atoms with Crippen molar-refractivity contribution in [2.75, 3.05) is 0 Å². The van der Waals surface area contributed by atoms with Gasteiger partial charge in [0.15, 0.2) is 0 Å². The molecule has 0 bridgehead atoms. The summed E-state index contributed by atoms with van der Waals surface area (Å²) in [5.41, 5.74) is 0. The number of hydrogen-bond acceptors (Lipinski definition) is 1. The Hall–Kier alpha value is -0.0400. The second-order valence-corrected chi connectivity index (χ2v) is 9.84. The van der Waals surface area contributed by atoms with E-state index in [-0.39, 0.29) is 6.10 Å². The van der Waals surface area contributed by atoms with Crippen LogP contribution in [0.2, 0.25) is 0 Å².